The summed E-state index contributed by atoms with van der Waals surface area (Å²) in [4.78, 5) is 26.5. The maximum absolute atomic E-state index is 15.7. The number of nitrogens with one attached hydrogen (secondary N) is 1. The van der Waals surface area contributed by atoms with Gasteiger partial charge in [-0.25, -0.2) is 8.81 Å². The van der Waals surface area contributed by atoms with Crippen LogP contribution in [0.15, 0.2) is 36.4 Å². The summed E-state index contributed by atoms with van der Waals surface area (Å²) in [5, 5.41) is 7.48. The fourth-order valence-corrected chi connectivity index (χ4v) is 4.33. The first-order chi connectivity index (χ1) is 17.6. The Bertz CT molecular complexity index is 1120. The van der Waals surface area contributed by atoms with E-state index < -0.39 is 17.8 Å². The number of carbonyl (C=O) groups is 2. The lowest BCUT2D eigenvalue weighted by Crippen LogP contribution is -2.40. The molecular weight excluding hydrogens is 503 g/mol. The number of carbonyl (C=O) groups excluding carboxylic acids is 2. The van der Waals surface area contributed by atoms with Gasteiger partial charge in [0.1, 0.15) is 17.7 Å². The van der Waals surface area contributed by atoms with Crippen LogP contribution in [-0.4, -0.2) is 59.9 Å². The Hall–Kier alpha value is -3.37. The van der Waals surface area contributed by atoms with Crippen LogP contribution in [0.4, 0.5) is 4.39 Å². The van der Waals surface area contributed by atoms with Crippen molar-refractivity contribution in [3.05, 3.63) is 58.9 Å². The third-order valence-corrected chi connectivity index (χ3v) is 6.39. The normalized spacial score (nSPS) is 14.7. The highest BCUT2D eigenvalue weighted by molar-refractivity contribution is 6.21. The van der Waals surface area contributed by atoms with E-state index in [1.54, 1.807) is 36.1 Å². The number of rotatable bonds is 10. The fourth-order valence-electron chi connectivity index (χ4n) is 4.10. The van der Waals surface area contributed by atoms with Gasteiger partial charge >= 0.3 is 0 Å². The molecular formula is C26H32ClFN4O5. The molecule has 9 nitrogen and oxygen atoms in total. The molecule has 0 aliphatic carbocycles. The zero-order valence-corrected chi connectivity index (χ0v) is 21.9. The summed E-state index contributed by atoms with van der Waals surface area (Å²) >= 11 is 6.30. The van der Waals surface area contributed by atoms with Crippen molar-refractivity contribution in [1.29, 1.82) is 5.41 Å². The molecule has 0 radical (unpaired) electrons. The number of hydrogen-bond donors (Lipinski definition) is 2. The average Bonchev–Trinajstić information content (AvgIpc) is 2.87. The van der Waals surface area contributed by atoms with E-state index in [1.807, 2.05) is 0 Å². The standard InChI is InChI=1S/C26H32ClFN4O5/c1-4-36-20-13-21(23(28)22(14-20)37-19-9-11-31(12-10-19)16(2)33)24(35-3)26(34)32(27)15-17-5-7-18(8-6-17)25(29)30/h5-8,13-14,19,24H,4,9-12,15H2,1-3H3,(H3,29,30). The molecule has 0 spiro atoms. The molecule has 2 aromatic rings. The van der Waals surface area contributed by atoms with Gasteiger partial charge in [-0.05, 0) is 18.6 Å². The van der Waals surface area contributed by atoms with Gasteiger partial charge < -0.3 is 24.8 Å². The van der Waals surface area contributed by atoms with Crippen molar-refractivity contribution in [2.75, 3.05) is 26.8 Å². The third-order valence-electron chi connectivity index (χ3n) is 6.10. The summed E-state index contributed by atoms with van der Waals surface area (Å²) in [7, 11) is 1.29. The molecule has 11 heteroatoms. The van der Waals surface area contributed by atoms with Crippen molar-refractivity contribution in [1.82, 2.24) is 9.32 Å². The molecule has 200 valence electrons. The Labute approximate surface area is 220 Å². The highest BCUT2D eigenvalue weighted by Crippen LogP contribution is 2.35. The molecule has 2 aromatic carbocycles. The van der Waals surface area contributed by atoms with E-state index in [1.165, 1.54) is 26.2 Å². The van der Waals surface area contributed by atoms with E-state index in [-0.39, 0.29) is 35.7 Å². The zero-order chi connectivity index (χ0) is 27.1. The lowest BCUT2D eigenvalue weighted by Gasteiger charge is -2.32. The minimum absolute atomic E-state index is 0.00728. The fraction of sp³-hybridized carbons (Fsp3) is 0.423. The number of benzene rings is 2. The van der Waals surface area contributed by atoms with Crippen LogP contribution in [0.1, 0.15) is 49.5 Å². The summed E-state index contributed by atoms with van der Waals surface area (Å²) < 4.78 is 33.6. The van der Waals surface area contributed by atoms with Crippen LogP contribution >= 0.6 is 11.8 Å². The quantitative estimate of drug-likeness (QED) is 0.272. The first kappa shape index (κ1) is 28.2. The topological polar surface area (TPSA) is 118 Å². The Morgan fingerprint density at radius 1 is 1.24 bits per heavy atom. The maximum Gasteiger partial charge on any atom is 0.271 e. The molecule has 1 heterocycles. The number of ether oxygens (including phenoxy) is 3. The molecule has 0 aromatic heterocycles. The van der Waals surface area contributed by atoms with Crippen LogP contribution in [0, 0.1) is 11.2 Å². The van der Waals surface area contributed by atoms with Gasteiger partial charge in [0.15, 0.2) is 17.7 Å². The van der Waals surface area contributed by atoms with E-state index >= 15 is 4.39 Å². The van der Waals surface area contributed by atoms with Gasteiger partial charge in [0.2, 0.25) is 5.91 Å². The summed E-state index contributed by atoms with van der Waals surface area (Å²) in [6, 6.07) is 9.54. The van der Waals surface area contributed by atoms with E-state index in [0.717, 1.165) is 4.42 Å². The molecule has 1 saturated heterocycles. The molecule has 2 amide bonds. The lowest BCUT2D eigenvalue weighted by molar-refractivity contribution is -0.138. The minimum atomic E-state index is -1.35. The van der Waals surface area contributed by atoms with Crippen molar-refractivity contribution < 1.29 is 28.2 Å². The smallest absolute Gasteiger partial charge is 0.271 e. The first-order valence-corrected chi connectivity index (χ1v) is 12.3. The number of nitrogens with zero attached hydrogens (tertiary/aromatic N) is 2. The van der Waals surface area contributed by atoms with Gasteiger partial charge in [-0.1, -0.05) is 24.3 Å². The summed E-state index contributed by atoms with van der Waals surface area (Å²) in [6.45, 7) is 4.69. The summed E-state index contributed by atoms with van der Waals surface area (Å²) in [5.41, 5.74) is 6.64. The Balaban J connectivity index is 1.81. The second kappa shape index (κ2) is 12.7. The van der Waals surface area contributed by atoms with E-state index in [4.69, 9.17) is 37.1 Å². The molecule has 0 bridgehead atoms. The predicted octanol–water partition coefficient (Wildman–Crippen LogP) is 3.77. The number of amides is 2. The van der Waals surface area contributed by atoms with Crippen molar-refractivity contribution in [2.24, 2.45) is 5.73 Å². The van der Waals surface area contributed by atoms with Crippen LogP contribution in [0.25, 0.3) is 0 Å². The van der Waals surface area contributed by atoms with Gasteiger partial charge in [-0.15, -0.1) is 0 Å². The number of amidine groups is 1. The van der Waals surface area contributed by atoms with Crippen LogP contribution in [-0.2, 0) is 20.9 Å². The SMILES string of the molecule is CCOc1cc(OC2CCN(C(C)=O)CC2)c(F)c(C(OC)C(=O)N(Cl)Cc2ccc(C(=N)N)cc2)c1. The number of hydrogen-bond acceptors (Lipinski definition) is 6. The van der Waals surface area contributed by atoms with Crippen molar-refractivity contribution in [3.63, 3.8) is 0 Å². The number of likely N-dealkylation sites (tertiary alicyclic amines) is 1. The van der Waals surface area contributed by atoms with Crippen LogP contribution in [0.3, 0.4) is 0 Å². The van der Waals surface area contributed by atoms with Crippen molar-refractivity contribution >= 4 is 29.4 Å². The third kappa shape index (κ3) is 7.11. The van der Waals surface area contributed by atoms with Gasteiger partial charge in [0.05, 0.1) is 13.2 Å². The Morgan fingerprint density at radius 2 is 1.89 bits per heavy atom. The minimum Gasteiger partial charge on any atom is -0.494 e. The maximum atomic E-state index is 15.7. The molecule has 1 aliphatic rings. The van der Waals surface area contributed by atoms with E-state index in [0.29, 0.717) is 49.4 Å². The Morgan fingerprint density at radius 3 is 2.43 bits per heavy atom. The molecule has 1 fully saturated rings. The van der Waals surface area contributed by atoms with Crippen molar-refractivity contribution in [3.8, 4) is 11.5 Å². The number of methoxy groups -OCH3 is 1. The average molecular weight is 535 g/mol. The van der Waals surface area contributed by atoms with Crippen LogP contribution in [0.5, 0.6) is 11.5 Å². The largest absolute Gasteiger partial charge is 0.494 e. The molecule has 1 aliphatic heterocycles. The predicted molar refractivity (Wildman–Crippen MR) is 137 cm³/mol. The number of halogens is 2. The Kier molecular flexibility index (Phi) is 9.71. The molecule has 0 saturated carbocycles. The van der Waals surface area contributed by atoms with Gasteiger partial charge in [0, 0.05) is 68.9 Å². The molecule has 37 heavy (non-hydrogen) atoms. The number of piperidine rings is 1. The highest BCUT2D eigenvalue weighted by Gasteiger charge is 2.31. The van der Waals surface area contributed by atoms with Gasteiger partial charge in [0.25, 0.3) is 5.91 Å². The number of nitrogens with two attached hydrogens (primary N) is 1. The van der Waals surface area contributed by atoms with Gasteiger partial charge in [-0.2, -0.15) is 0 Å². The van der Waals surface area contributed by atoms with Crippen LogP contribution in [0.2, 0.25) is 0 Å². The zero-order valence-electron chi connectivity index (χ0n) is 21.1. The molecule has 3 N–H and O–H groups in total. The molecule has 1 unspecified atom stereocenters. The second-order valence-electron chi connectivity index (χ2n) is 8.67. The first-order valence-electron chi connectivity index (χ1n) is 12.0. The lowest BCUT2D eigenvalue weighted by atomic mass is 10.0. The molecule has 3 rings (SSSR count). The van der Waals surface area contributed by atoms with E-state index in [9.17, 15) is 9.59 Å². The monoisotopic (exact) mass is 534 g/mol. The van der Waals surface area contributed by atoms with Crippen molar-refractivity contribution in [2.45, 2.75) is 45.4 Å². The summed E-state index contributed by atoms with van der Waals surface area (Å²) in [6.07, 6.45) is -0.541. The van der Waals surface area contributed by atoms with E-state index in [2.05, 4.69) is 0 Å². The van der Waals surface area contributed by atoms with Crippen LogP contribution < -0.4 is 15.2 Å². The second-order valence-corrected chi connectivity index (χ2v) is 9.07. The summed E-state index contributed by atoms with van der Waals surface area (Å²) in [5.74, 6) is -1.23. The van der Waals surface area contributed by atoms with Gasteiger partial charge in [-0.3, -0.25) is 15.0 Å². The highest BCUT2D eigenvalue weighted by atomic mass is 35.5. The number of nitrogen functional groups attached to an aromatic ring is 1. The molecule has 1 atom stereocenters.